The molecule has 0 saturated carbocycles. The van der Waals surface area contributed by atoms with Crippen molar-refractivity contribution < 1.29 is 27.9 Å². The second-order valence-electron chi connectivity index (χ2n) is 6.94. The van der Waals surface area contributed by atoms with E-state index in [2.05, 4.69) is 10.4 Å². The molecule has 0 atom stereocenters. The minimum absolute atomic E-state index is 0.115. The van der Waals surface area contributed by atoms with Gasteiger partial charge in [-0.15, -0.1) is 0 Å². The fourth-order valence-electron chi connectivity index (χ4n) is 3.18. The smallest absolute Gasteiger partial charge is 0.396 e. The van der Waals surface area contributed by atoms with E-state index >= 15 is 0 Å². The number of hydrogen-bond acceptors (Lipinski definition) is 4. The molecule has 2 heterocycles. The number of halogens is 3. The van der Waals surface area contributed by atoms with Gasteiger partial charge in [0.25, 0.3) is 5.91 Å². The predicted molar refractivity (Wildman–Crippen MR) is 98.0 cm³/mol. The maximum Gasteiger partial charge on any atom is 0.435 e. The van der Waals surface area contributed by atoms with Gasteiger partial charge >= 0.3 is 6.18 Å². The van der Waals surface area contributed by atoms with Crippen LogP contribution in [0, 0.1) is 5.92 Å². The summed E-state index contributed by atoms with van der Waals surface area (Å²) >= 11 is 0. The molecule has 1 aromatic heterocycles. The molecule has 7 nitrogen and oxygen atoms in total. The van der Waals surface area contributed by atoms with E-state index in [1.807, 2.05) is 0 Å². The number of likely N-dealkylation sites (tertiary alicyclic amines) is 1. The first kappa shape index (κ1) is 20.8. The number of hydrogen-bond donors (Lipinski definition) is 2. The fourth-order valence-corrected chi connectivity index (χ4v) is 3.18. The van der Waals surface area contributed by atoms with Gasteiger partial charge in [0.15, 0.2) is 5.69 Å². The molecule has 2 aromatic rings. The van der Waals surface area contributed by atoms with Crippen LogP contribution in [-0.4, -0.2) is 51.3 Å². The Morgan fingerprint density at radius 2 is 1.93 bits per heavy atom. The van der Waals surface area contributed by atoms with E-state index in [4.69, 9.17) is 0 Å². The summed E-state index contributed by atoms with van der Waals surface area (Å²) in [5, 5.41) is 15.1. The topological polar surface area (TPSA) is 87.5 Å². The summed E-state index contributed by atoms with van der Waals surface area (Å²) in [6, 6.07) is 7.18. The Morgan fingerprint density at radius 3 is 2.55 bits per heavy atom. The largest absolute Gasteiger partial charge is 0.435 e. The molecule has 2 amide bonds. The Bertz CT molecular complexity index is 874. The standard InChI is InChI=1S/C19H21F3N4O3/c20-19(21,22)16-6-9-26(24-16)11-17(28)23-15-3-1-2-14(10-15)18(29)25-7-4-13(12-27)5-8-25/h1-3,6,9-10,13,27H,4-5,7-8,11-12H2,(H,23,28). The van der Waals surface area contributed by atoms with E-state index in [1.54, 1.807) is 23.1 Å². The maximum atomic E-state index is 12.7. The molecule has 1 aromatic carbocycles. The van der Waals surface area contributed by atoms with Gasteiger partial charge in [0.1, 0.15) is 6.54 Å². The van der Waals surface area contributed by atoms with Gasteiger partial charge in [-0.1, -0.05) is 6.07 Å². The van der Waals surface area contributed by atoms with Crippen LogP contribution in [0.1, 0.15) is 28.9 Å². The van der Waals surface area contributed by atoms with Crippen LogP contribution in [0.15, 0.2) is 36.5 Å². The third kappa shape index (κ3) is 5.35. The monoisotopic (exact) mass is 410 g/mol. The van der Waals surface area contributed by atoms with Gasteiger partial charge in [-0.3, -0.25) is 14.3 Å². The first-order valence-electron chi connectivity index (χ1n) is 9.17. The number of carbonyl (C=O) groups is 2. The summed E-state index contributed by atoms with van der Waals surface area (Å²) in [5.74, 6) is -0.514. The SMILES string of the molecule is O=C(Cn1ccc(C(F)(F)F)n1)Nc1cccc(C(=O)N2CCC(CO)CC2)c1. The van der Waals surface area contributed by atoms with Crippen molar-refractivity contribution in [2.75, 3.05) is 25.0 Å². The van der Waals surface area contributed by atoms with Crippen LogP contribution in [0.2, 0.25) is 0 Å². The zero-order valence-corrected chi connectivity index (χ0v) is 15.5. The highest BCUT2D eigenvalue weighted by Crippen LogP contribution is 2.27. The molecule has 0 radical (unpaired) electrons. The molecule has 10 heteroatoms. The van der Waals surface area contributed by atoms with E-state index in [1.165, 1.54) is 6.07 Å². The predicted octanol–water partition coefficient (Wildman–Crippen LogP) is 2.39. The second-order valence-corrected chi connectivity index (χ2v) is 6.94. The molecule has 1 aliphatic rings. The number of aromatic nitrogens is 2. The molecule has 0 spiro atoms. The second kappa shape index (κ2) is 8.64. The van der Waals surface area contributed by atoms with Crippen LogP contribution in [0.25, 0.3) is 0 Å². The molecule has 1 aliphatic heterocycles. The molecule has 2 N–H and O–H groups in total. The molecule has 1 fully saturated rings. The van der Waals surface area contributed by atoms with E-state index in [0.717, 1.165) is 29.8 Å². The lowest BCUT2D eigenvalue weighted by Crippen LogP contribution is -2.39. The summed E-state index contributed by atoms with van der Waals surface area (Å²) in [5.41, 5.74) is -0.291. The first-order valence-corrected chi connectivity index (χ1v) is 9.17. The number of nitrogens with zero attached hydrogens (tertiary/aromatic N) is 3. The van der Waals surface area contributed by atoms with Crippen LogP contribution >= 0.6 is 0 Å². The zero-order chi connectivity index (χ0) is 21.0. The minimum atomic E-state index is -4.57. The number of benzene rings is 1. The van der Waals surface area contributed by atoms with Gasteiger partial charge in [0.05, 0.1) is 0 Å². The lowest BCUT2D eigenvalue weighted by Gasteiger charge is -2.31. The van der Waals surface area contributed by atoms with Gasteiger partial charge in [0.2, 0.25) is 5.91 Å². The summed E-state index contributed by atoms with van der Waals surface area (Å²) in [7, 11) is 0. The van der Waals surface area contributed by atoms with E-state index in [0.29, 0.717) is 24.3 Å². The molecule has 29 heavy (non-hydrogen) atoms. The van der Waals surface area contributed by atoms with Crippen LogP contribution in [-0.2, 0) is 17.5 Å². The Balaban J connectivity index is 1.60. The highest BCUT2D eigenvalue weighted by molar-refractivity contribution is 5.97. The molecule has 0 unspecified atom stereocenters. The van der Waals surface area contributed by atoms with Crippen molar-refractivity contribution in [3.05, 3.63) is 47.8 Å². The van der Waals surface area contributed by atoms with Crippen molar-refractivity contribution in [3.8, 4) is 0 Å². The van der Waals surface area contributed by atoms with Crippen molar-refractivity contribution in [1.29, 1.82) is 0 Å². The zero-order valence-electron chi connectivity index (χ0n) is 15.5. The molecule has 0 aliphatic carbocycles. The van der Waals surface area contributed by atoms with Gasteiger partial charge in [-0.05, 0) is 43.0 Å². The fraction of sp³-hybridized carbons (Fsp3) is 0.421. The number of amides is 2. The van der Waals surface area contributed by atoms with Crippen molar-refractivity contribution in [3.63, 3.8) is 0 Å². The maximum absolute atomic E-state index is 12.7. The molecule has 3 rings (SSSR count). The number of carbonyl (C=O) groups excluding carboxylic acids is 2. The number of rotatable bonds is 5. The first-order chi connectivity index (χ1) is 13.8. The molecule has 0 bridgehead atoms. The summed E-state index contributed by atoms with van der Waals surface area (Å²) in [4.78, 5) is 26.5. The average molecular weight is 410 g/mol. The highest BCUT2D eigenvalue weighted by Gasteiger charge is 2.33. The van der Waals surface area contributed by atoms with Crippen molar-refractivity contribution in [1.82, 2.24) is 14.7 Å². The number of aliphatic hydroxyl groups excluding tert-OH is 1. The summed E-state index contributed by atoms with van der Waals surface area (Å²) < 4.78 is 38.6. The lowest BCUT2D eigenvalue weighted by molar-refractivity contribution is -0.141. The Labute approximate surface area is 165 Å². The number of anilines is 1. The van der Waals surface area contributed by atoms with Crippen molar-refractivity contribution in [2.45, 2.75) is 25.6 Å². The van der Waals surface area contributed by atoms with E-state index in [9.17, 15) is 27.9 Å². The Kier molecular flexibility index (Phi) is 6.21. The molecule has 156 valence electrons. The average Bonchev–Trinajstić information content (AvgIpc) is 3.16. The minimum Gasteiger partial charge on any atom is -0.396 e. The van der Waals surface area contributed by atoms with Crippen LogP contribution < -0.4 is 5.32 Å². The van der Waals surface area contributed by atoms with Gasteiger partial charge in [-0.2, -0.15) is 18.3 Å². The van der Waals surface area contributed by atoms with Gasteiger partial charge in [-0.25, -0.2) is 0 Å². The van der Waals surface area contributed by atoms with E-state index in [-0.39, 0.29) is 25.0 Å². The number of aliphatic hydroxyl groups is 1. The third-order valence-corrected chi connectivity index (χ3v) is 4.79. The van der Waals surface area contributed by atoms with Gasteiger partial charge < -0.3 is 15.3 Å². The van der Waals surface area contributed by atoms with Gasteiger partial charge in [0, 0.05) is 37.1 Å². The van der Waals surface area contributed by atoms with Crippen LogP contribution in [0.4, 0.5) is 18.9 Å². The number of nitrogens with one attached hydrogen (secondary N) is 1. The Hall–Kier alpha value is -2.88. The third-order valence-electron chi connectivity index (χ3n) is 4.79. The lowest BCUT2D eigenvalue weighted by atomic mass is 9.97. The summed E-state index contributed by atoms with van der Waals surface area (Å²) in [6.45, 7) is 0.843. The van der Waals surface area contributed by atoms with Crippen LogP contribution in [0.5, 0.6) is 0 Å². The van der Waals surface area contributed by atoms with E-state index < -0.39 is 17.8 Å². The summed E-state index contributed by atoms with van der Waals surface area (Å²) in [6.07, 6.45) is -2.01. The quantitative estimate of drug-likeness (QED) is 0.793. The number of piperidine rings is 1. The molecule has 1 saturated heterocycles. The highest BCUT2D eigenvalue weighted by atomic mass is 19.4. The normalized spacial score (nSPS) is 15.4. The van der Waals surface area contributed by atoms with Crippen molar-refractivity contribution >= 4 is 17.5 Å². The Morgan fingerprint density at radius 1 is 1.21 bits per heavy atom. The number of alkyl halides is 3. The molecular weight excluding hydrogens is 389 g/mol. The molecular formula is C19H21F3N4O3. The van der Waals surface area contributed by atoms with Crippen molar-refractivity contribution in [2.24, 2.45) is 5.92 Å². The van der Waals surface area contributed by atoms with Crippen LogP contribution in [0.3, 0.4) is 0 Å².